The maximum absolute atomic E-state index is 9.77. The van der Waals surface area contributed by atoms with Gasteiger partial charge in [-0.1, -0.05) is 30.9 Å². The Morgan fingerprint density at radius 1 is 1.25 bits per heavy atom. The van der Waals surface area contributed by atoms with Gasteiger partial charge < -0.3 is 5.11 Å². The lowest BCUT2D eigenvalue weighted by molar-refractivity contribution is 0.124. The van der Waals surface area contributed by atoms with Crippen molar-refractivity contribution >= 4 is 0 Å². The first-order valence-corrected chi connectivity index (χ1v) is 5.03. The maximum atomic E-state index is 9.77. The zero-order chi connectivity index (χ0) is 8.97. The smallest absolute Gasteiger partial charge is 0.0751 e. The number of allylic oxidation sites excluding steroid dienone is 1. The zero-order valence-corrected chi connectivity index (χ0v) is 8.21. The van der Waals surface area contributed by atoms with Crippen molar-refractivity contribution in [1.29, 1.82) is 0 Å². The van der Waals surface area contributed by atoms with Crippen LogP contribution in [0.3, 0.4) is 0 Å². The molecule has 0 aromatic heterocycles. The largest absolute Gasteiger partial charge is 0.389 e. The third kappa shape index (κ3) is 2.98. The number of aliphatic hydroxyl groups excluding tert-OH is 1. The van der Waals surface area contributed by atoms with E-state index in [0.29, 0.717) is 5.92 Å². The van der Waals surface area contributed by atoms with E-state index in [4.69, 9.17) is 0 Å². The number of hydrogen-bond donors (Lipinski definition) is 1. The third-order valence-electron chi connectivity index (χ3n) is 2.64. The van der Waals surface area contributed by atoms with Crippen LogP contribution < -0.4 is 0 Å². The van der Waals surface area contributed by atoms with E-state index in [1.165, 1.54) is 37.7 Å². The SMILES string of the molecule is CC(C)=CC(O)C1CCCCC1. The minimum Gasteiger partial charge on any atom is -0.389 e. The van der Waals surface area contributed by atoms with Crippen LogP contribution in [0.25, 0.3) is 0 Å². The summed E-state index contributed by atoms with van der Waals surface area (Å²) in [5, 5.41) is 9.77. The molecule has 0 aromatic carbocycles. The van der Waals surface area contributed by atoms with Crippen LogP contribution in [0.1, 0.15) is 46.0 Å². The van der Waals surface area contributed by atoms with Gasteiger partial charge in [0, 0.05) is 0 Å². The molecule has 1 fully saturated rings. The van der Waals surface area contributed by atoms with Gasteiger partial charge in [0.15, 0.2) is 0 Å². The second kappa shape index (κ2) is 4.66. The van der Waals surface area contributed by atoms with Gasteiger partial charge in [-0.25, -0.2) is 0 Å². The van der Waals surface area contributed by atoms with Crippen LogP contribution >= 0.6 is 0 Å². The first kappa shape index (κ1) is 9.79. The van der Waals surface area contributed by atoms with E-state index in [1.54, 1.807) is 0 Å². The second-order valence-corrected chi connectivity index (χ2v) is 4.13. The number of aliphatic hydroxyl groups is 1. The fourth-order valence-electron chi connectivity index (χ4n) is 1.95. The lowest BCUT2D eigenvalue weighted by Crippen LogP contribution is -2.20. The Morgan fingerprint density at radius 2 is 1.83 bits per heavy atom. The minimum atomic E-state index is -0.185. The fourth-order valence-corrected chi connectivity index (χ4v) is 1.95. The highest BCUT2D eigenvalue weighted by molar-refractivity contribution is 5.00. The van der Waals surface area contributed by atoms with Crippen molar-refractivity contribution < 1.29 is 5.11 Å². The Kier molecular flexibility index (Phi) is 3.80. The van der Waals surface area contributed by atoms with Gasteiger partial charge in [-0.2, -0.15) is 0 Å². The lowest BCUT2D eigenvalue weighted by Gasteiger charge is -2.24. The average Bonchev–Trinajstić information content (AvgIpc) is 2.05. The monoisotopic (exact) mass is 168 g/mol. The number of rotatable bonds is 2. The fraction of sp³-hybridized carbons (Fsp3) is 0.818. The van der Waals surface area contributed by atoms with E-state index in [2.05, 4.69) is 0 Å². The molecule has 0 heterocycles. The molecule has 0 saturated heterocycles. The van der Waals surface area contributed by atoms with E-state index in [9.17, 15) is 5.11 Å². The van der Waals surface area contributed by atoms with Gasteiger partial charge in [0.1, 0.15) is 0 Å². The van der Waals surface area contributed by atoms with Crippen molar-refractivity contribution in [2.24, 2.45) is 5.92 Å². The summed E-state index contributed by atoms with van der Waals surface area (Å²) < 4.78 is 0. The molecule has 1 nitrogen and oxygen atoms in total. The van der Waals surface area contributed by atoms with Gasteiger partial charge in [-0.05, 0) is 32.6 Å². The predicted molar refractivity (Wildman–Crippen MR) is 52.0 cm³/mol. The Balaban J connectivity index is 2.39. The summed E-state index contributed by atoms with van der Waals surface area (Å²) in [6, 6.07) is 0. The highest BCUT2D eigenvalue weighted by Crippen LogP contribution is 2.27. The topological polar surface area (TPSA) is 20.2 Å². The zero-order valence-electron chi connectivity index (χ0n) is 8.21. The summed E-state index contributed by atoms with van der Waals surface area (Å²) in [7, 11) is 0. The molecule has 70 valence electrons. The molecule has 0 bridgehead atoms. The molecule has 1 N–H and O–H groups in total. The van der Waals surface area contributed by atoms with Gasteiger partial charge in [-0.3, -0.25) is 0 Å². The number of hydrogen-bond acceptors (Lipinski definition) is 1. The van der Waals surface area contributed by atoms with Crippen molar-refractivity contribution in [3.63, 3.8) is 0 Å². The molecular weight excluding hydrogens is 148 g/mol. The van der Waals surface area contributed by atoms with Gasteiger partial charge in [0.2, 0.25) is 0 Å². The molecule has 0 aliphatic heterocycles. The van der Waals surface area contributed by atoms with E-state index in [0.717, 1.165) is 0 Å². The highest BCUT2D eigenvalue weighted by Gasteiger charge is 2.19. The van der Waals surface area contributed by atoms with E-state index >= 15 is 0 Å². The molecule has 0 aromatic rings. The molecule has 1 aliphatic carbocycles. The van der Waals surface area contributed by atoms with Gasteiger partial charge in [0.25, 0.3) is 0 Å². The van der Waals surface area contributed by atoms with Gasteiger partial charge in [-0.15, -0.1) is 0 Å². The van der Waals surface area contributed by atoms with Crippen molar-refractivity contribution in [1.82, 2.24) is 0 Å². The maximum Gasteiger partial charge on any atom is 0.0751 e. The Bertz CT molecular complexity index is 150. The Labute approximate surface area is 75.5 Å². The summed E-state index contributed by atoms with van der Waals surface area (Å²) in [5.41, 5.74) is 1.23. The summed E-state index contributed by atoms with van der Waals surface area (Å²) in [6.45, 7) is 4.10. The van der Waals surface area contributed by atoms with Crippen LogP contribution in [0.5, 0.6) is 0 Å². The molecule has 12 heavy (non-hydrogen) atoms. The first-order valence-electron chi connectivity index (χ1n) is 5.03. The molecule has 0 amide bonds. The van der Waals surface area contributed by atoms with Crippen LogP contribution in [0, 0.1) is 5.92 Å². The first-order chi connectivity index (χ1) is 5.70. The van der Waals surface area contributed by atoms with Crippen LogP contribution in [0.15, 0.2) is 11.6 Å². The van der Waals surface area contributed by atoms with Crippen molar-refractivity contribution in [2.75, 3.05) is 0 Å². The van der Waals surface area contributed by atoms with Gasteiger partial charge in [0.05, 0.1) is 6.10 Å². The summed E-state index contributed by atoms with van der Waals surface area (Å²) in [4.78, 5) is 0. The predicted octanol–water partition coefficient (Wildman–Crippen LogP) is 2.89. The Hall–Kier alpha value is -0.300. The van der Waals surface area contributed by atoms with Crippen LogP contribution in [-0.4, -0.2) is 11.2 Å². The normalized spacial score (nSPS) is 21.9. The van der Waals surface area contributed by atoms with E-state index < -0.39 is 0 Å². The molecule has 0 spiro atoms. The molecular formula is C11H20O. The van der Waals surface area contributed by atoms with E-state index in [-0.39, 0.29) is 6.10 Å². The van der Waals surface area contributed by atoms with Crippen molar-refractivity contribution in [3.8, 4) is 0 Å². The summed E-state index contributed by atoms with van der Waals surface area (Å²) in [6.07, 6.45) is 8.20. The minimum absolute atomic E-state index is 0.185. The second-order valence-electron chi connectivity index (χ2n) is 4.13. The standard InChI is InChI=1S/C11H20O/c1-9(2)8-11(12)10-6-4-3-5-7-10/h8,10-12H,3-7H2,1-2H3. The molecule has 1 saturated carbocycles. The molecule has 1 rings (SSSR count). The van der Waals surface area contributed by atoms with Crippen LogP contribution in [-0.2, 0) is 0 Å². The quantitative estimate of drug-likeness (QED) is 0.629. The lowest BCUT2D eigenvalue weighted by atomic mass is 9.85. The van der Waals surface area contributed by atoms with Gasteiger partial charge >= 0.3 is 0 Å². The Morgan fingerprint density at radius 3 is 2.33 bits per heavy atom. The van der Waals surface area contributed by atoms with Crippen LogP contribution in [0.4, 0.5) is 0 Å². The highest BCUT2D eigenvalue weighted by atomic mass is 16.3. The molecule has 1 unspecified atom stereocenters. The van der Waals surface area contributed by atoms with Crippen molar-refractivity contribution in [3.05, 3.63) is 11.6 Å². The summed E-state index contributed by atoms with van der Waals surface area (Å²) in [5.74, 6) is 0.536. The summed E-state index contributed by atoms with van der Waals surface area (Å²) >= 11 is 0. The molecule has 1 aliphatic rings. The van der Waals surface area contributed by atoms with E-state index in [1.807, 2.05) is 19.9 Å². The molecule has 0 radical (unpaired) electrons. The third-order valence-corrected chi connectivity index (χ3v) is 2.64. The van der Waals surface area contributed by atoms with Crippen molar-refractivity contribution in [2.45, 2.75) is 52.1 Å². The molecule has 1 atom stereocenters. The molecule has 1 heteroatoms. The van der Waals surface area contributed by atoms with Crippen LogP contribution in [0.2, 0.25) is 0 Å². The average molecular weight is 168 g/mol.